The van der Waals surface area contributed by atoms with E-state index in [1.165, 1.54) is 18.3 Å². The van der Waals surface area contributed by atoms with Gasteiger partial charge in [0.15, 0.2) is 5.82 Å². The molecule has 0 saturated carbocycles. The van der Waals surface area contributed by atoms with Crippen molar-refractivity contribution in [3.8, 4) is 5.75 Å². The summed E-state index contributed by atoms with van der Waals surface area (Å²) in [6, 6.07) is 9.43. The van der Waals surface area contributed by atoms with Crippen LogP contribution >= 0.6 is 0 Å². The third-order valence-electron chi connectivity index (χ3n) is 2.47. The summed E-state index contributed by atoms with van der Waals surface area (Å²) in [5.41, 5.74) is 0.121. The van der Waals surface area contributed by atoms with Crippen molar-refractivity contribution in [1.29, 1.82) is 0 Å². The van der Waals surface area contributed by atoms with Crippen LogP contribution in [0.2, 0.25) is 0 Å². The van der Waals surface area contributed by atoms with Gasteiger partial charge < -0.3 is 4.74 Å². The van der Waals surface area contributed by atoms with Crippen LogP contribution in [0.3, 0.4) is 0 Å². The van der Waals surface area contributed by atoms with E-state index >= 15 is 0 Å². The number of carbonyl (C=O) groups excluding carboxylic acids is 1. The summed E-state index contributed by atoms with van der Waals surface area (Å²) in [5, 5.41) is 0. The average molecular weight is 259 g/mol. The van der Waals surface area contributed by atoms with Gasteiger partial charge in [0.25, 0.3) is 0 Å². The molecule has 0 aliphatic heterocycles. The molecule has 0 N–H and O–H groups in total. The quantitative estimate of drug-likeness (QED) is 0.791. The molecule has 2 rings (SSSR count). The van der Waals surface area contributed by atoms with Gasteiger partial charge in [-0.2, -0.15) is 0 Å². The molecule has 2 aromatic rings. The van der Waals surface area contributed by atoms with Crippen molar-refractivity contribution in [3.63, 3.8) is 0 Å². The molecule has 0 aliphatic carbocycles. The lowest BCUT2D eigenvalue weighted by Gasteiger charge is -2.13. The van der Waals surface area contributed by atoms with Gasteiger partial charge in [-0.25, -0.2) is 9.37 Å². The van der Waals surface area contributed by atoms with Gasteiger partial charge in [0.2, 0.25) is 5.78 Å². The van der Waals surface area contributed by atoms with E-state index in [0.717, 1.165) is 0 Å². The molecule has 0 fully saturated rings. The highest BCUT2D eigenvalue weighted by molar-refractivity contribution is 6.09. The highest BCUT2D eigenvalue weighted by Crippen LogP contribution is 2.22. The summed E-state index contributed by atoms with van der Waals surface area (Å²) in [6.07, 6.45) is 1.32. The number of benzene rings is 1. The fourth-order valence-corrected chi connectivity index (χ4v) is 1.69. The SMILES string of the molecule is CC(C)Oc1ccccc1C(=O)c1ncccc1F. The Bertz CT molecular complexity index is 596. The second-order valence-corrected chi connectivity index (χ2v) is 4.33. The minimum atomic E-state index is -0.633. The van der Waals surface area contributed by atoms with Gasteiger partial charge in [-0.1, -0.05) is 12.1 Å². The first-order chi connectivity index (χ1) is 9.09. The Kier molecular flexibility index (Phi) is 3.90. The molecule has 0 atom stereocenters. The Balaban J connectivity index is 2.42. The molecule has 3 nitrogen and oxygen atoms in total. The van der Waals surface area contributed by atoms with E-state index in [1.807, 2.05) is 13.8 Å². The molecule has 4 heteroatoms. The van der Waals surface area contributed by atoms with Gasteiger partial charge >= 0.3 is 0 Å². The fraction of sp³-hybridized carbons (Fsp3) is 0.200. The Labute approximate surface area is 111 Å². The molecule has 0 spiro atoms. The molecule has 1 aromatic heterocycles. The lowest BCUT2D eigenvalue weighted by atomic mass is 10.1. The number of aromatic nitrogens is 1. The third kappa shape index (κ3) is 2.96. The monoisotopic (exact) mass is 259 g/mol. The van der Waals surface area contributed by atoms with E-state index < -0.39 is 11.6 Å². The molecule has 0 saturated heterocycles. The Morgan fingerprint density at radius 3 is 2.63 bits per heavy atom. The van der Waals surface area contributed by atoms with E-state index in [-0.39, 0.29) is 11.8 Å². The highest BCUT2D eigenvalue weighted by Gasteiger charge is 2.19. The summed E-state index contributed by atoms with van der Waals surface area (Å²) < 4.78 is 19.2. The zero-order chi connectivity index (χ0) is 13.8. The number of hydrogen-bond acceptors (Lipinski definition) is 3. The second kappa shape index (κ2) is 5.61. The van der Waals surface area contributed by atoms with Crippen LogP contribution in [0.15, 0.2) is 42.6 Å². The smallest absolute Gasteiger partial charge is 0.218 e. The molecule has 0 radical (unpaired) electrons. The van der Waals surface area contributed by atoms with Crippen LogP contribution in [-0.4, -0.2) is 16.9 Å². The van der Waals surface area contributed by atoms with Crippen molar-refractivity contribution in [2.75, 3.05) is 0 Å². The average Bonchev–Trinajstić information content (AvgIpc) is 2.38. The molecule has 0 bridgehead atoms. The third-order valence-corrected chi connectivity index (χ3v) is 2.47. The van der Waals surface area contributed by atoms with Crippen molar-refractivity contribution in [1.82, 2.24) is 4.98 Å². The molecule has 0 amide bonds. The standard InChI is InChI=1S/C15H14FNO2/c1-10(2)19-13-8-4-3-6-11(13)15(18)14-12(16)7-5-9-17-14/h3-10H,1-2H3. The van der Waals surface area contributed by atoms with Crippen LogP contribution in [0.4, 0.5) is 4.39 Å². The fourth-order valence-electron chi connectivity index (χ4n) is 1.69. The lowest BCUT2D eigenvalue weighted by molar-refractivity contribution is 0.102. The molecule has 98 valence electrons. The molecule has 0 aliphatic rings. The van der Waals surface area contributed by atoms with Crippen LogP contribution in [0.5, 0.6) is 5.75 Å². The number of para-hydroxylation sites is 1. The molecule has 19 heavy (non-hydrogen) atoms. The van der Waals surface area contributed by atoms with Crippen molar-refractivity contribution >= 4 is 5.78 Å². The number of rotatable bonds is 4. The van der Waals surface area contributed by atoms with Gasteiger partial charge in [0.1, 0.15) is 11.4 Å². The number of pyridine rings is 1. The van der Waals surface area contributed by atoms with Crippen molar-refractivity contribution < 1.29 is 13.9 Å². The van der Waals surface area contributed by atoms with Gasteiger partial charge in [0, 0.05) is 6.20 Å². The Hall–Kier alpha value is -2.23. The summed E-state index contributed by atoms with van der Waals surface area (Å²) in [4.78, 5) is 16.1. The number of hydrogen-bond donors (Lipinski definition) is 0. The normalized spacial score (nSPS) is 10.5. The molecule has 1 heterocycles. The first kappa shape index (κ1) is 13.2. The number of ether oxygens (including phenoxy) is 1. The first-order valence-corrected chi connectivity index (χ1v) is 6.00. The summed E-state index contributed by atoms with van der Waals surface area (Å²) >= 11 is 0. The zero-order valence-corrected chi connectivity index (χ0v) is 10.8. The zero-order valence-electron chi connectivity index (χ0n) is 10.8. The lowest BCUT2D eigenvalue weighted by Crippen LogP contribution is -2.12. The largest absolute Gasteiger partial charge is 0.490 e. The molecule has 1 aromatic carbocycles. The Morgan fingerprint density at radius 1 is 1.21 bits per heavy atom. The number of ketones is 1. The maximum atomic E-state index is 13.6. The maximum Gasteiger partial charge on any atom is 0.218 e. The Morgan fingerprint density at radius 2 is 1.95 bits per heavy atom. The molecule has 0 unspecified atom stereocenters. The number of carbonyl (C=O) groups is 1. The molecular formula is C15H14FNO2. The number of nitrogens with zero attached hydrogens (tertiary/aromatic N) is 1. The van der Waals surface area contributed by atoms with Gasteiger partial charge in [-0.3, -0.25) is 4.79 Å². The summed E-state index contributed by atoms with van der Waals surface area (Å²) in [6.45, 7) is 3.73. The van der Waals surface area contributed by atoms with Crippen LogP contribution in [0.25, 0.3) is 0 Å². The van der Waals surface area contributed by atoms with Gasteiger partial charge in [0.05, 0.1) is 11.7 Å². The van der Waals surface area contributed by atoms with Crippen LogP contribution < -0.4 is 4.74 Å². The van der Waals surface area contributed by atoms with Gasteiger partial charge in [-0.15, -0.1) is 0 Å². The predicted molar refractivity (Wildman–Crippen MR) is 69.8 cm³/mol. The maximum absolute atomic E-state index is 13.6. The van der Waals surface area contributed by atoms with Crippen LogP contribution in [0, 0.1) is 5.82 Å². The van der Waals surface area contributed by atoms with Crippen molar-refractivity contribution in [3.05, 3.63) is 59.7 Å². The minimum absolute atomic E-state index is 0.0671. The van der Waals surface area contributed by atoms with E-state index in [2.05, 4.69) is 4.98 Å². The number of halogens is 1. The summed E-state index contributed by atoms with van der Waals surface area (Å²) in [5.74, 6) is -0.672. The topological polar surface area (TPSA) is 39.2 Å². The van der Waals surface area contributed by atoms with E-state index in [1.54, 1.807) is 24.3 Å². The first-order valence-electron chi connectivity index (χ1n) is 6.00. The van der Waals surface area contributed by atoms with E-state index in [9.17, 15) is 9.18 Å². The van der Waals surface area contributed by atoms with Crippen LogP contribution in [0.1, 0.15) is 29.9 Å². The summed E-state index contributed by atoms with van der Waals surface area (Å²) in [7, 11) is 0. The van der Waals surface area contributed by atoms with Gasteiger partial charge in [-0.05, 0) is 38.1 Å². The highest BCUT2D eigenvalue weighted by atomic mass is 19.1. The molecular weight excluding hydrogens is 245 g/mol. The van der Waals surface area contributed by atoms with Crippen molar-refractivity contribution in [2.24, 2.45) is 0 Å². The van der Waals surface area contributed by atoms with Crippen molar-refractivity contribution in [2.45, 2.75) is 20.0 Å². The van der Waals surface area contributed by atoms with E-state index in [4.69, 9.17) is 4.74 Å². The van der Waals surface area contributed by atoms with Crippen LogP contribution in [-0.2, 0) is 0 Å². The second-order valence-electron chi connectivity index (χ2n) is 4.33. The predicted octanol–water partition coefficient (Wildman–Crippen LogP) is 3.24. The minimum Gasteiger partial charge on any atom is -0.490 e. The van der Waals surface area contributed by atoms with E-state index in [0.29, 0.717) is 11.3 Å².